The van der Waals surface area contributed by atoms with Crippen molar-refractivity contribution in [1.29, 1.82) is 0 Å². The Balaban J connectivity index is 2.07. The normalized spacial score (nSPS) is 30.0. The molecule has 10 heteroatoms. The van der Waals surface area contributed by atoms with Crippen molar-refractivity contribution >= 4 is 22.9 Å². The molecule has 2 fully saturated rings. The first-order chi connectivity index (χ1) is 14.9. The van der Waals surface area contributed by atoms with Crippen molar-refractivity contribution in [2.45, 2.75) is 103 Å². The third kappa shape index (κ3) is 4.25. The Hall–Kier alpha value is -1.05. The summed E-state index contributed by atoms with van der Waals surface area (Å²) < 4.78 is 29.1. The van der Waals surface area contributed by atoms with Crippen molar-refractivity contribution in [3.63, 3.8) is 0 Å². The van der Waals surface area contributed by atoms with Crippen LogP contribution in [-0.4, -0.2) is 45.5 Å². The van der Waals surface area contributed by atoms with Gasteiger partial charge in [-0.25, -0.2) is 4.79 Å². The molecule has 182 valence electrons. The largest absolute Gasteiger partial charge is 0.414 e. The molecule has 0 saturated carbocycles. The van der Waals surface area contributed by atoms with E-state index in [1.165, 1.54) is 4.57 Å². The first kappa shape index (κ1) is 25.6. The van der Waals surface area contributed by atoms with Crippen molar-refractivity contribution in [2.75, 3.05) is 12.3 Å². The summed E-state index contributed by atoms with van der Waals surface area (Å²) in [6.45, 7) is 20.1. The summed E-state index contributed by atoms with van der Waals surface area (Å²) in [7, 11) is -5.35. The van der Waals surface area contributed by atoms with Crippen molar-refractivity contribution < 1.29 is 17.7 Å². The van der Waals surface area contributed by atoms with Gasteiger partial charge in [0.1, 0.15) is 18.1 Å². The topological polar surface area (TPSA) is 97.8 Å². The Bertz CT molecular complexity index is 844. The summed E-state index contributed by atoms with van der Waals surface area (Å²) in [5.74, 6) is 0.124. The van der Waals surface area contributed by atoms with E-state index in [1.54, 1.807) is 12.3 Å². The molecule has 2 saturated heterocycles. The van der Waals surface area contributed by atoms with Crippen LogP contribution in [0.25, 0.3) is 0 Å². The average Bonchev–Trinajstić information content (AvgIpc) is 2.96. The number of nitrogens with zero attached hydrogens (tertiary/aromatic N) is 2. The lowest BCUT2D eigenvalue weighted by Crippen LogP contribution is -2.65. The van der Waals surface area contributed by atoms with Gasteiger partial charge in [0.25, 0.3) is 0 Å². The molecule has 4 atom stereocenters. The molecule has 0 amide bonds. The van der Waals surface area contributed by atoms with Crippen LogP contribution >= 0.6 is 0 Å². The highest BCUT2D eigenvalue weighted by Gasteiger charge is 2.61. The fraction of sp³-hybridized carbons (Fsp3) is 0.818. The van der Waals surface area contributed by atoms with E-state index in [9.17, 15) is 4.79 Å². The zero-order chi connectivity index (χ0) is 24.0. The van der Waals surface area contributed by atoms with Crippen LogP contribution in [0.5, 0.6) is 0 Å². The van der Waals surface area contributed by atoms with Gasteiger partial charge in [-0.1, -0.05) is 62.3 Å². The van der Waals surface area contributed by atoms with Gasteiger partial charge in [-0.2, -0.15) is 4.98 Å². The first-order valence-electron chi connectivity index (χ1n) is 11.9. The van der Waals surface area contributed by atoms with Gasteiger partial charge in [0, 0.05) is 12.1 Å². The number of aromatic nitrogens is 2. The highest BCUT2D eigenvalue weighted by Crippen LogP contribution is 2.49. The minimum Gasteiger partial charge on any atom is -0.414 e. The number of anilines is 1. The maximum Gasteiger partial charge on any atom is 0.351 e. The molecule has 3 heterocycles. The second-order valence-electron chi connectivity index (χ2n) is 10.5. The quantitative estimate of drug-likeness (QED) is 0.623. The Morgan fingerprint density at radius 1 is 1.03 bits per heavy atom. The van der Waals surface area contributed by atoms with Crippen LogP contribution in [0.15, 0.2) is 17.1 Å². The summed E-state index contributed by atoms with van der Waals surface area (Å²) in [6, 6.07) is 1.62. The number of hydrogen-bond acceptors (Lipinski definition) is 7. The molecular formula is C22H41N3O5Si2. The third-order valence-electron chi connectivity index (χ3n) is 7.11. The Morgan fingerprint density at radius 3 is 2.09 bits per heavy atom. The first-order valence-corrected chi connectivity index (χ1v) is 15.8. The van der Waals surface area contributed by atoms with Gasteiger partial charge in [-0.3, -0.25) is 4.57 Å². The van der Waals surface area contributed by atoms with Crippen LogP contribution < -0.4 is 11.4 Å². The monoisotopic (exact) mass is 483 g/mol. The summed E-state index contributed by atoms with van der Waals surface area (Å²) in [6.07, 6.45) is 0.649. The van der Waals surface area contributed by atoms with E-state index in [4.69, 9.17) is 23.4 Å². The van der Waals surface area contributed by atoms with Crippen LogP contribution in [0, 0.1) is 5.92 Å². The molecule has 32 heavy (non-hydrogen) atoms. The highest BCUT2D eigenvalue weighted by atomic mass is 28.5. The molecular weight excluding hydrogens is 442 g/mol. The van der Waals surface area contributed by atoms with Crippen molar-refractivity contribution in [3.8, 4) is 0 Å². The van der Waals surface area contributed by atoms with E-state index < -0.39 is 29.0 Å². The van der Waals surface area contributed by atoms with Gasteiger partial charge in [0.2, 0.25) is 0 Å². The van der Waals surface area contributed by atoms with Gasteiger partial charge in [0.05, 0.1) is 12.7 Å². The van der Waals surface area contributed by atoms with E-state index >= 15 is 0 Å². The summed E-state index contributed by atoms with van der Waals surface area (Å²) in [4.78, 5) is 16.4. The standard InChI is InChI=1S/C22H41N3O5Si2/c1-13(2)31(14(3)4)27-12-18-20(29-32(30-31,15(5)6)16(7)8)17(9)21(28-18)25-11-10-19(23)24-22(25)26/h10-11,13-18,20-21H,12H2,1-9H3,(H2,23,24,26)/t17-,18+,20-,21+/m0/s1. The van der Waals surface area contributed by atoms with Crippen LogP contribution in [0.2, 0.25) is 22.2 Å². The van der Waals surface area contributed by atoms with E-state index in [0.717, 1.165) is 0 Å². The predicted molar refractivity (Wildman–Crippen MR) is 130 cm³/mol. The highest BCUT2D eigenvalue weighted by molar-refractivity contribution is 6.83. The number of nitrogen functional groups attached to an aromatic ring is 1. The van der Waals surface area contributed by atoms with Crippen LogP contribution in [0.1, 0.15) is 68.5 Å². The minimum atomic E-state index is -2.73. The van der Waals surface area contributed by atoms with Gasteiger partial charge >= 0.3 is 22.8 Å². The average molecular weight is 484 g/mol. The molecule has 2 N–H and O–H groups in total. The summed E-state index contributed by atoms with van der Waals surface area (Å²) in [5, 5.41) is 0. The molecule has 3 rings (SSSR count). The van der Waals surface area contributed by atoms with Gasteiger partial charge in [0.15, 0.2) is 0 Å². The fourth-order valence-corrected chi connectivity index (χ4v) is 16.6. The third-order valence-corrected chi connectivity index (χ3v) is 17.4. The Kier molecular flexibility index (Phi) is 7.44. The van der Waals surface area contributed by atoms with Crippen molar-refractivity contribution in [3.05, 3.63) is 22.7 Å². The number of hydrogen-bond donors (Lipinski definition) is 1. The molecule has 8 nitrogen and oxygen atoms in total. The zero-order valence-electron chi connectivity index (χ0n) is 21.0. The number of ether oxygens (including phenoxy) is 1. The van der Waals surface area contributed by atoms with Gasteiger partial charge in [-0.05, 0) is 28.2 Å². The summed E-state index contributed by atoms with van der Waals surface area (Å²) in [5.41, 5.74) is 6.29. The van der Waals surface area contributed by atoms with Gasteiger partial charge < -0.3 is 23.4 Å². The SMILES string of the molecule is CC(C)[Si]1(C(C)C)OC[C@H]2O[C@@H](n3ccc(N)nc3=O)[C@@H](C)[C@@H]2O[Si](C(C)C)(C(C)C)O1. The second-order valence-corrected chi connectivity index (χ2v) is 19.4. The van der Waals surface area contributed by atoms with E-state index in [0.29, 0.717) is 6.61 Å². The maximum absolute atomic E-state index is 12.6. The van der Waals surface area contributed by atoms with E-state index in [-0.39, 0.29) is 46.1 Å². The van der Waals surface area contributed by atoms with Crippen molar-refractivity contribution in [2.24, 2.45) is 5.92 Å². The molecule has 0 bridgehead atoms. The van der Waals surface area contributed by atoms with E-state index in [2.05, 4.69) is 67.3 Å². The van der Waals surface area contributed by atoms with Crippen LogP contribution in [0.3, 0.4) is 0 Å². The Labute approximate surface area is 194 Å². The lowest BCUT2D eigenvalue weighted by molar-refractivity contribution is -0.0572. The second kappa shape index (κ2) is 9.30. The number of nitrogens with two attached hydrogens (primary N) is 1. The molecule has 1 aromatic rings. The molecule has 0 unspecified atom stereocenters. The lowest BCUT2D eigenvalue weighted by atomic mass is 10.0. The number of rotatable bonds is 5. The minimum absolute atomic E-state index is 0.0769. The van der Waals surface area contributed by atoms with E-state index in [1.807, 2.05) is 0 Å². The molecule has 0 spiro atoms. The Morgan fingerprint density at radius 2 is 1.59 bits per heavy atom. The lowest BCUT2D eigenvalue weighted by Gasteiger charge is -2.51. The maximum atomic E-state index is 12.6. The molecule has 2 aliphatic rings. The summed E-state index contributed by atoms with van der Waals surface area (Å²) >= 11 is 0. The fourth-order valence-electron chi connectivity index (χ4n) is 5.28. The van der Waals surface area contributed by atoms with Crippen LogP contribution in [-0.2, 0) is 17.7 Å². The smallest absolute Gasteiger partial charge is 0.351 e. The molecule has 1 aromatic heterocycles. The molecule has 0 aromatic carbocycles. The van der Waals surface area contributed by atoms with Crippen LogP contribution in [0.4, 0.5) is 5.82 Å². The molecule has 0 radical (unpaired) electrons. The molecule has 0 aliphatic carbocycles. The van der Waals surface area contributed by atoms with Crippen molar-refractivity contribution in [1.82, 2.24) is 9.55 Å². The zero-order valence-corrected chi connectivity index (χ0v) is 23.0. The number of fused-ring (bicyclic) bond motifs is 1. The molecule has 2 aliphatic heterocycles. The predicted octanol–water partition coefficient (Wildman–Crippen LogP) is 4.32. The van der Waals surface area contributed by atoms with Gasteiger partial charge in [-0.15, -0.1) is 0 Å².